The highest BCUT2D eigenvalue weighted by molar-refractivity contribution is 5.26. The van der Waals surface area contributed by atoms with E-state index in [0.29, 0.717) is 5.82 Å². The van der Waals surface area contributed by atoms with Gasteiger partial charge in [-0.2, -0.15) is 9.78 Å². The summed E-state index contributed by atoms with van der Waals surface area (Å²) in [5, 5.41) is 33.9. The Kier molecular flexibility index (Phi) is 9.40. The van der Waals surface area contributed by atoms with Gasteiger partial charge in [-0.3, -0.25) is 4.68 Å². The van der Waals surface area contributed by atoms with Gasteiger partial charge in [0.05, 0.1) is 41.7 Å². The highest BCUT2D eigenvalue weighted by Gasteiger charge is 2.16. The topological polar surface area (TPSA) is 177 Å². The van der Waals surface area contributed by atoms with E-state index in [2.05, 4.69) is 39.5 Å². The Hall–Kier alpha value is -5.33. The molecule has 2 atom stereocenters. The molecular weight excluding hydrogens is 490 g/mol. The van der Waals surface area contributed by atoms with Gasteiger partial charge in [-0.1, -0.05) is 65.8 Å². The lowest BCUT2D eigenvalue weighted by Gasteiger charge is -2.11. The van der Waals surface area contributed by atoms with Crippen LogP contribution in [0.4, 0.5) is 17.5 Å². The van der Waals surface area contributed by atoms with Gasteiger partial charge in [0.2, 0.25) is 0 Å². The van der Waals surface area contributed by atoms with Gasteiger partial charge in [0.1, 0.15) is 5.82 Å². The molecule has 0 bridgehead atoms. The molecule has 0 saturated carbocycles. The number of nitrogens with two attached hydrogens (primary N) is 1. The predicted molar refractivity (Wildman–Crippen MR) is 141 cm³/mol. The Morgan fingerprint density at radius 3 is 1.66 bits per heavy atom. The van der Waals surface area contributed by atoms with Crippen LogP contribution >= 0.6 is 0 Å². The summed E-state index contributed by atoms with van der Waals surface area (Å²) >= 11 is 0. The molecule has 0 fully saturated rings. The summed E-state index contributed by atoms with van der Waals surface area (Å²) in [6.07, 6.45) is 4.85. The molecule has 0 aliphatic carbocycles. The van der Waals surface area contributed by atoms with E-state index in [0.717, 1.165) is 5.56 Å². The van der Waals surface area contributed by atoms with Crippen molar-refractivity contribution in [1.29, 1.82) is 0 Å². The molecule has 13 nitrogen and oxygen atoms in total. The van der Waals surface area contributed by atoms with Crippen LogP contribution in [0.2, 0.25) is 0 Å². The summed E-state index contributed by atoms with van der Waals surface area (Å²) in [4.78, 5) is 19.3. The molecule has 3 aromatic heterocycles. The van der Waals surface area contributed by atoms with Gasteiger partial charge in [0, 0.05) is 6.20 Å². The van der Waals surface area contributed by atoms with E-state index in [9.17, 15) is 20.2 Å². The fourth-order valence-corrected chi connectivity index (χ4v) is 3.33. The number of aromatic amines is 1. The molecule has 0 saturated heterocycles. The Balaban J connectivity index is 0.000000166. The van der Waals surface area contributed by atoms with Gasteiger partial charge in [-0.15, -0.1) is 5.10 Å². The molecule has 0 amide bonds. The van der Waals surface area contributed by atoms with Crippen molar-refractivity contribution < 1.29 is 9.85 Å². The maximum absolute atomic E-state index is 10.5. The van der Waals surface area contributed by atoms with E-state index < -0.39 is 9.85 Å². The summed E-state index contributed by atoms with van der Waals surface area (Å²) in [7, 11) is 0. The Morgan fingerprint density at radius 2 is 1.29 bits per heavy atom. The lowest BCUT2D eigenvalue weighted by Crippen LogP contribution is -2.07. The summed E-state index contributed by atoms with van der Waals surface area (Å²) < 4.78 is 3.46. The normalized spacial score (nSPS) is 11.7. The van der Waals surface area contributed by atoms with Crippen LogP contribution in [0.5, 0.6) is 0 Å². The molecule has 5 aromatic rings. The third-order valence-corrected chi connectivity index (χ3v) is 5.45. The van der Waals surface area contributed by atoms with E-state index in [1.54, 1.807) is 16.9 Å². The number of nitrogen functional groups attached to an aromatic ring is 1. The number of aromatic nitrogens is 6. The second-order valence-electron chi connectivity index (χ2n) is 8.00. The molecule has 2 aromatic carbocycles. The molecule has 0 aliphatic rings. The molecule has 0 spiro atoms. The summed E-state index contributed by atoms with van der Waals surface area (Å²) in [6, 6.07) is 24.7. The fraction of sp³-hybridized carbons (Fsp3) is 0.160. The first-order valence-electron chi connectivity index (χ1n) is 11.5. The second kappa shape index (κ2) is 13.1. The van der Waals surface area contributed by atoms with Gasteiger partial charge in [0.25, 0.3) is 0 Å². The first kappa shape index (κ1) is 27.3. The van der Waals surface area contributed by atoms with Crippen LogP contribution in [0, 0.1) is 20.2 Å². The monoisotopic (exact) mass is 517 g/mol. The third-order valence-electron chi connectivity index (χ3n) is 5.45. The lowest BCUT2D eigenvalue weighted by atomic mass is 10.1. The number of nitro groups is 2. The van der Waals surface area contributed by atoms with Crippen molar-refractivity contribution in [3.8, 4) is 0 Å². The predicted octanol–water partition coefficient (Wildman–Crippen LogP) is 4.79. The zero-order valence-electron chi connectivity index (χ0n) is 20.7. The highest BCUT2D eigenvalue weighted by atomic mass is 16.6. The first-order chi connectivity index (χ1) is 18.3. The van der Waals surface area contributed by atoms with Gasteiger partial charge in [-0.05, 0) is 40.9 Å². The van der Waals surface area contributed by atoms with E-state index in [4.69, 9.17) is 5.73 Å². The van der Waals surface area contributed by atoms with Crippen LogP contribution in [0.25, 0.3) is 0 Å². The zero-order valence-corrected chi connectivity index (χ0v) is 20.7. The van der Waals surface area contributed by atoms with Gasteiger partial charge in [-0.25, -0.2) is 0 Å². The molecule has 38 heavy (non-hydrogen) atoms. The number of hydrogen-bond acceptors (Lipinski definition) is 8. The summed E-state index contributed by atoms with van der Waals surface area (Å²) in [5.41, 5.74) is 7.86. The third kappa shape index (κ3) is 7.58. The van der Waals surface area contributed by atoms with Gasteiger partial charge >= 0.3 is 11.6 Å². The van der Waals surface area contributed by atoms with Crippen LogP contribution < -0.4 is 5.73 Å². The minimum Gasteiger partial charge on any atom is -0.382 e. The standard InChI is InChI=1S/C11H11N3O2.C11H13N3.C3H3N3O2/c1-9(10-5-3-2-4-6-10)13-8-7-11(12-13)14(15)16;1-9(10-5-3-2-4-6-10)14-8-7-11(12)13-14;7-6(8)3-1-2-4-5-3/h2-9H,1H3;2-9H,1H3,(H2,12,13);1-2H,(H,4,5). The molecule has 3 heterocycles. The molecule has 13 heteroatoms. The van der Waals surface area contributed by atoms with Gasteiger partial charge in [0.15, 0.2) is 0 Å². The van der Waals surface area contributed by atoms with Gasteiger partial charge < -0.3 is 26.0 Å². The van der Waals surface area contributed by atoms with E-state index in [-0.39, 0.29) is 23.7 Å². The SMILES string of the molecule is CC(c1ccccc1)n1ccc(N)n1.CC(c1ccccc1)n1ccc([N+](=O)[O-])n1.O=[N+]([O-])c1ccn[nH]1. The Labute approximate surface area is 217 Å². The number of H-pyrrole nitrogens is 1. The van der Waals surface area contributed by atoms with Crippen LogP contribution in [0.1, 0.15) is 37.1 Å². The number of anilines is 1. The average Bonchev–Trinajstić information content (AvgIpc) is 3.72. The maximum atomic E-state index is 10.5. The van der Waals surface area contributed by atoms with Crippen LogP contribution in [-0.2, 0) is 0 Å². The number of benzene rings is 2. The van der Waals surface area contributed by atoms with Crippen molar-refractivity contribution in [2.24, 2.45) is 0 Å². The number of nitrogens with zero attached hydrogens (tertiary/aromatic N) is 7. The Morgan fingerprint density at radius 1 is 0.763 bits per heavy atom. The average molecular weight is 518 g/mol. The molecule has 2 unspecified atom stereocenters. The molecule has 3 N–H and O–H groups in total. The molecule has 0 radical (unpaired) electrons. The fourth-order valence-electron chi connectivity index (χ4n) is 3.33. The Bertz CT molecular complexity index is 1420. The molecule has 5 rings (SSSR count). The summed E-state index contributed by atoms with van der Waals surface area (Å²) in [6.45, 7) is 4.05. The maximum Gasteiger partial charge on any atom is 0.389 e. The van der Waals surface area contributed by atoms with Crippen molar-refractivity contribution in [2.75, 3.05) is 5.73 Å². The smallest absolute Gasteiger partial charge is 0.382 e. The largest absolute Gasteiger partial charge is 0.389 e. The van der Waals surface area contributed by atoms with E-state index in [1.165, 1.54) is 23.9 Å². The van der Waals surface area contributed by atoms with Crippen molar-refractivity contribution in [3.63, 3.8) is 0 Å². The van der Waals surface area contributed by atoms with Crippen molar-refractivity contribution in [3.05, 3.63) is 129 Å². The first-order valence-corrected chi connectivity index (χ1v) is 11.5. The number of rotatable bonds is 6. The number of hydrogen-bond donors (Lipinski definition) is 2. The highest BCUT2D eigenvalue weighted by Crippen LogP contribution is 2.19. The molecule has 196 valence electrons. The lowest BCUT2D eigenvalue weighted by molar-refractivity contribution is -0.389. The summed E-state index contributed by atoms with van der Waals surface area (Å²) in [5.74, 6) is 0.362. The molecule has 0 aliphatic heterocycles. The van der Waals surface area contributed by atoms with Crippen molar-refractivity contribution in [1.82, 2.24) is 29.8 Å². The van der Waals surface area contributed by atoms with E-state index in [1.807, 2.05) is 66.3 Å². The van der Waals surface area contributed by atoms with Crippen LogP contribution in [-0.4, -0.2) is 39.6 Å². The van der Waals surface area contributed by atoms with Crippen LogP contribution in [0.3, 0.4) is 0 Å². The second-order valence-corrected chi connectivity index (χ2v) is 8.00. The molecular formula is C25H27N9O4. The van der Waals surface area contributed by atoms with E-state index >= 15 is 0 Å². The van der Waals surface area contributed by atoms with Crippen molar-refractivity contribution >= 4 is 17.5 Å². The minimum absolute atomic E-state index is 0.00472. The number of nitrogens with one attached hydrogen (secondary N) is 1. The quantitative estimate of drug-likeness (QED) is 0.238. The van der Waals surface area contributed by atoms with Crippen molar-refractivity contribution in [2.45, 2.75) is 25.9 Å². The zero-order chi connectivity index (χ0) is 27.5. The van der Waals surface area contributed by atoms with Crippen LogP contribution in [0.15, 0.2) is 97.5 Å². The minimum atomic E-state index is -0.535.